The van der Waals surface area contributed by atoms with Crippen molar-refractivity contribution in [1.82, 2.24) is 14.9 Å². The molecule has 1 saturated carbocycles. The predicted octanol–water partition coefficient (Wildman–Crippen LogP) is 4.06. The minimum absolute atomic E-state index is 0.0156. The number of nitrogens with zero attached hydrogens (tertiary/aromatic N) is 3. The van der Waals surface area contributed by atoms with Gasteiger partial charge in [0.05, 0.1) is 25.5 Å². The molecule has 0 unspecified atom stereocenters. The minimum Gasteiger partial charge on any atom is -0.472 e. The molecular weight excluding hydrogens is 378 g/mol. The second kappa shape index (κ2) is 10.1. The van der Waals surface area contributed by atoms with Crippen molar-refractivity contribution in [3.05, 3.63) is 17.1 Å². The zero-order valence-electron chi connectivity index (χ0n) is 18.7. The highest BCUT2D eigenvalue weighted by Gasteiger charge is 2.32. The van der Waals surface area contributed by atoms with Gasteiger partial charge >= 0.3 is 0 Å². The summed E-state index contributed by atoms with van der Waals surface area (Å²) in [6.45, 7) is 7.28. The fourth-order valence-corrected chi connectivity index (χ4v) is 4.79. The molecule has 30 heavy (non-hydrogen) atoms. The smallest absolute Gasteiger partial charge is 0.225 e. The van der Waals surface area contributed by atoms with Crippen LogP contribution in [-0.2, 0) is 22.4 Å². The Labute approximate surface area is 180 Å². The number of ether oxygens (including phenoxy) is 2. The molecule has 4 rings (SSSR count). The second-order valence-electron chi connectivity index (χ2n) is 9.14. The van der Waals surface area contributed by atoms with Crippen LogP contribution in [0.2, 0.25) is 0 Å². The monoisotopic (exact) mass is 415 g/mol. The van der Waals surface area contributed by atoms with E-state index < -0.39 is 0 Å². The Morgan fingerprint density at radius 3 is 2.63 bits per heavy atom. The Kier molecular flexibility index (Phi) is 7.24. The molecule has 1 aromatic heterocycles. The molecule has 1 aliphatic carbocycles. The maximum atomic E-state index is 13.1. The molecule has 3 aliphatic rings. The Morgan fingerprint density at radius 1 is 1.13 bits per heavy atom. The van der Waals surface area contributed by atoms with Gasteiger partial charge in [-0.05, 0) is 38.5 Å². The molecule has 2 fully saturated rings. The molecule has 0 aromatic carbocycles. The molecule has 0 spiro atoms. The summed E-state index contributed by atoms with van der Waals surface area (Å²) in [6.07, 6.45) is 10.1. The number of carbonyl (C=O) groups excluding carboxylic acids is 1. The maximum absolute atomic E-state index is 13.1. The van der Waals surface area contributed by atoms with Gasteiger partial charge in [0, 0.05) is 36.8 Å². The molecule has 3 heterocycles. The van der Waals surface area contributed by atoms with E-state index in [9.17, 15) is 4.79 Å². The molecule has 2 aliphatic heterocycles. The molecule has 6 nitrogen and oxygen atoms in total. The van der Waals surface area contributed by atoms with Crippen molar-refractivity contribution in [3.63, 3.8) is 0 Å². The zero-order chi connectivity index (χ0) is 20.9. The van der Waals surface area contributed by atoms with E-state index in [0.29, 0.717) is 25.0 Å². The summed E-state index contributed by atoms with van der Waals surface area (Å²) in [6, 6.07) is 0. The third kappa shape index (κ3) is 5.13. The third-order valence-electron chi connectivity index (χ3n) is 6.59. The quantitative estimate of drug-likeness (QED) is 0.641. The lowest BCUT2D eigenvalue weighted by Gasteiger charge is -2.35. The largest absolute Gasteiger partial charge is 0.472 e. The van der Waals surface area contributed by atoms with Crippen molar-refractivity contribution in [1.29, 1.82) is 0 Å². The number of aromatic nitrogens is 2. The minimum atomic E-state index is 0.0156. The average molecular weight is 416 g/mol. The van der Waals surface area contributed by atoms with Crippen LogP contribution in [0, 0.1) is 5.92 Å². The summed E-state index contributed by atoms with van der Waals surface area (Å²) < 4.78 is 12.2. The van der Waals surface area contributed by atoms with Crippen molar-refractivity contribution >= 4 is 5.91 Å². The Bertz CT molecular complexity index is 729. The standard InChI is InChI=1S/C24H37N3O3/c1-3-6-18(7-4-2)24(28)27-13-5-8-19(16-27)30-23-20-11-14-29-15-12-21(20)25-22(26-23)17-9-10-17/h17-19H,3-16H2,1-2H3/t19-/m0/s1. The lowest BCUT2D eigenvalue weighted by molar-refractivity contribution is -0.138. The van der Waals surface area contributed by atoms with E-state index >= 15 is 0 Å². The van der Waals surface area contributed by atoms with Gasteiger partial charge in [-0.3, -0.25) is 4.79 Å². The first-order chi connectivity index (χ1) is 14.7. The van der Waals surface area contributed by atoms with Gasteiger partial charge in [0.25, 0.3) is 0 Å². The van der Waals surface area contributed by atoms with Crippen LogP contribution in [0.4, 0.5) is 0 Å². The number of carbonyl (C=O) groups is 1. The van der Waals surface area contributed by atoms with Gasteiger partial charge in [-0.15, -0.1) is 0 Å². The summed E-state index contributed by atoms with van der Waals surface area (Å²) in [5.41, 5.74) is 2.23. The van der Waals surface area contributed by atoms with Crippen LogP contribution in [0.1, 0.15) is 88.2 Å². The molecule has 1 atom stereocenters. The summed E-state index contributed by atoms with van der Waals surface area (Å²) in [4.78, 5) is 24.9. The van der Waals surface area contributed by atoms with E-state index in [1.54, 1.807) is 0 Å². The number of hydrogen-bond acceptors (Lipinski definition) is 5. The van der Waals surface area contributed by atoms with Gasteiger partial charge < -0.3 is 14.4 Å². The van der Waals surface area contributed by atoms with E-state index in [-0.39, 0.29) is 12.0 Å². The van der Waals surface area contributed by atoms with E-state index in [4.69, 9.17) is 19.4 Å². The van der Waals surface area contributed by atoms with Gasteiger partial charge in [-0.25, -0.2) is 4.98 Å². The average Bonchev–Trinajstić information content (AvgIpc) is 3.60. The van der Waals surface area contributed by atoms with E-state index in [2.05, 4.69) is 18.7 Å². The van der Waals surface area contributed by atoms with Crippen molar-refractivity contribution < 1.29 is 14.3 Å². The first kappa shape index (κ1) is 21.5. The van der Waals surface area contributed by atoms with Crippen LogP contribution < -0.4 is 4.74 Å². The van der Waals surface area contributed by atoms with Gasteiger partial charge in [-0.1, -0.05) is 26.7 Å². The maximum Gasteiger partial charge on any atom is 0.225 e. The molecule has 166 valence electrons. The van der Waals surface area contributed by atoms with Gasteiger partial charge in [0.1, 0.15) is 11.9 Å². The number of rotatable bonds is 8. The SMILES string of the molecule is CCCC(CCC)C(=O)N1CCC[C@H](Oc2nc(C3CC3)nc3c2CCOCC3)C1. The molecule has 1 aromatic rings. The molecule has 0 bridgehead atoms. The topological polar surface area (TPSA) is 64.6 Å². The number of hydrogen-bond donors (Lipinski definition) is 0. The Balaban J connectivity index is 1.48. The third-order valence-corrected chi connectivity index (χ3v) is 6.59. The summed E-state index contributed by atoms with van der Waals surface area (Å²) in [7, 11) is 0. The van der Waals surface area contributed by atoms with E-state index in [1.807, 2.05) is 0 Å². The molecule has 0 N–H and O–H groups in total. The Morgan fingerprint density at radius 2 is 1.90 bits per heavy atom. The van der Waals surface area contributed by atoms with Crippen LogP contribution >= 0.6 is 0 Å². The second-order valence-corrected chi connectivity index (χ2v) is 9.14. The van der Waals surface area contributed by atoms with E-state index in [1.165, 1.54) is 12.8 Å². The first-order valence-electron chi connectivity index (χ1n) is 12.1. The lowest BCUT2D eigenvalue weighted by atomic mass is 9.95. The Hall–Kier alpha value is -1.69. The number of piperidine rings is 1. The first-order valence-corrected chi connectivity index (χ1v) is 12.1. The molecule has 0 radical (unpaired) electrons. The zero-order valence-corrected chi connectivity index (χ0v) is 18.7. The van der Waals surface area contributed by atoms with Gasteiger partial charge in [0.2, 0.25) is 11.8 Å². The lowest BCUT2D eigenvalue weighted by Crippen LogP contribution is -2.46. The van der Waals surface area contributed by atoms with Crippen LogP contribution in [0.5, 0.6) is 5.88 Å². The van der Waals surface area contributed by atoms with Gasteiger partial charge in [0.15, 0.2) is 0 Å². The number of amides is 1. The van der Waals surface area contributed by atoms with Gasteiger partial charge in [-0.2, -0.15) is 4.98 Å². The van der Waals surface area contributed by atoms with Crippen LogP contribution in [-0.4, -0.2) is 53.2 Å². The number of fused-ring (bicyclic) bond motifs is 1. The van der Waals surface area contributed by atoms with E-state index in [0.717, 1.165) is 87.5 Å². The summed E-state index contributed by atoms with van der Waals surface area (Å²) >= 11 is 0. The van der Waals surface area contributed by atoms with Crippen molar-refractivity contribution in [2.24, 2.45) is 5.92 Å². The predicted molar refractivity (Wildman–Crippen MR) is 116 cm³/mol. The summed E-state index contributed by atoms with van der Waals surface area (Å²) in [5.74, 6) is 2.68. The van der Waals surface area contributed by atoms with Crippen LogP contribution in [0.3, 0.4) is 0 Å². The number of likely N-dealkylation sites (tertiary alicyclic amines) is 1. The highest BCUT2D eigenvalue weighted by Crippen LogP contribution is 2.40. The molecule has 1 amide bonds. The summed E-state index contributed by atoms with van der Waals surface area (Å²) in [5, 5.41) is 0. The molecular formula is C24H37N3O3. The van der Waals surface area contributed by atoms with Crippen molar-refractivity contribution in [2.45, 2.75) is 90.1 Å². The van der Waals surface area contributed by atoms with Crippen LogP contribution in [0.15, 0.2) is 0 Å². The van der Waals surface area contributed by atoms with Crippen molar-refractivity contribution in [3.8, 4) is 5.88 Å². The molecule has 1 saturated heterocycles. The van der Waals surface area contributed by atoms with Crippen molar-refractivity contribution in [2.75, 3.05) is 26.3 Å². The van der Waals surface area contributed by atoms with Crippen LogP contribution in [0.25, 0.3) is 0 Å². The highest BCUT2D eigenvalue weighted by atomic mass is 16.5. The molecule has 6 heteroatoms. The normalized spacial score (nSPS) is 22.0. The fourth-order valence-electron chi connectivity index (χ4n) is 4.79. The highest BCUT2D eigenvalue weighted by molar-refractivity contribution is 5.79. The fraction of sp³-hybridized carbons (Fsp3) is 0.792.